The SMILES string of the molecule is O=POOP=O. The molecule has 0 amide bonds. The molecule has 6 heavy (non-hydrogen) atoms. The highest BCUT2D eigenvalue weighted by Gasteiger charge is 1.76. The van der Waals surface area contributed by atoms with Crippen LogP contribution in [0.25, 0.3) is 0 Å². The average Bonchev–Trinajstić information content (AvgIpc) is 1.61. The van der Waals surface area contributed by atoms with E-state index in [0.29, 0.717) is 0 Å². The molecule has 34 valence electrons. The predicted molar refractivity (Wildman–Crippen MR) is 17.4 cm³/mol. The summed E-state index contributed by atoms with van der Waals surface area (Å²) in [6.45, 7) is 0. The van der Waals surface area contributed by atoms with Crippen molar-refractivity contribution >= 4 is 17.4 Å². The fourth-order valence-electron chi connectivity index (χ4n) is 0.0272. The third-order valence-electron chi connectivity index (χ3n) is 0.0942. The number of hydrogen-bond donors (Lipinski definition) is 0. The highest BCUT2D eigenvalue weighted by atomic mass is 31.1. The van der Waals surface area contributed by atoms with Gasteiger partial charge in [0.1, 0.15) is 0 Å². The monoisotopic (exact) mass is 126 g/mol. The molecule has 0 heterocycles. The first kappa shape index (κ1) is 6.12. The van der Waals surface area contributed by atoms with Gasteiger partial charge in [0.2, 0.25) is 0 Å². The molecule has 0 atom stereocenters. The van der Waals surface area contributed by atoms with Gasteiger partial charge in [0.25, 0.3) is 0 Å². The van der Waals surface area contributed by atoms with E-state index in [0.717, 1.165) is 0 Å². The van der Waals surface area contributed by atoms with Crippen molar-refractivity contribution in [1.82, 2.24) is 0 Å². The average molecular weight is 126 g/mol. The van der Waals surface area contributed by atoms with E-state index in [1.165, 1.54) is 0 Å². The van der Waals surface area contributed by atoms with E-state index < -0.39 is 17.4 Å². The van der Waals surface area contributed by atoms with Crippen molar-refractivity contribution in [2.24, 2.45) is 0 Å². The summed E-state index contributed by atoms with van der Waals surface area (Å²) in [7, 11) is -1.27. The van der Waals surface area contributed by atoms with Crippen molar-refractivity contribution in [3.05, 3.63) is 0 Å². The van der Waals surface area contributed by atoms with Gasteiger partial charge in [-0.25, -0.2) is 9.13 Å². The molecular formula is O4P2. The molecule has 0 aromatic rings. The van der Waals surface area contributed by atoms with Crippen molar-refractivity contribution in [3.8, 4) is 0 Å². The van der Waals surface area contributed by atoms with Crippen LogP contribution in [-0.2, 0) is 18.5 Å². The fourth-order valence-corrected chi connectivity index (χ4v) is 0.245. The lowest BCUT2D eigenvalue weighted by atomic mass is 14.9. The lowest BCUT2D eigenvalue weighted by molar-refractivity contribution is -0.0726. The second-order valence-corrected chi connectivity index (χ2v) is 0.894. The first-order chi connectivity index (χ1) is 2.91. The normalized spacial score (nSPS) is 10.0. The van der Waals surface area contributed by atoms with Gasteiger partial charge < -0.3 is 0 Å². The standard InChI is InChI=1S/O4P2/c1-5-3-4-6-2. The maximum Gasteiger partial charge on any atom is 0.359 e. The molecule has 0 aliphatic rings. The Morgan fingerprint density at radius 3 is 1.50 bits per heavy atom. The molecule has 0 rings (SSSR count). The van der Waals surface area contributed by atoms with E-state index in [-0.39, 0.29) is 0 Å². The Morgan fingerprint density at radius 2 is 1.33 bits per heavy atom. The van der Waals surface area contributed by atoms with E-state index in [1.54, 1.807) is 0 Å². The Hall–Kier alpha value is 0.120. The van der Waals surface area contributed by atoms with Gasteiger partial charge in [-0.1, -0.05) is 0 Å². The Labute approximate surface area is 36.9 Å². The second-order valence-electron chi connectivity index (χ2n) is 0.298. The largest absolute Gasteiger partial charge is 0.359 e. The topological polar surface area (TPSA) is 52.6 Å². The van der Waals surface area contributed by atoms with Crippen LogP contribution in [0.15, 0.2) is 0 Å². The smallest absolute Gasteiger partial charge is 0.238 e. The van der Waals surface area contributed by atoms with Gasteiger partial charge in [-0.15, -0.1) is 9.35 Å². The zero-order chi connectivity index (χ0) is 4.83. The molecule has 0 spiro atoms. The van der Waals surface area contributed by atoms with Crippen LogP contribution in [0.2, 0.25) is 0 Å². The first-order valence-electron chi connectivity index (χ1n) is 0.897. The first-order valence-corrected chi connectivity index (χ1v) is 2.36. The van der Waals surface area contributed by atoms with Crippen LogP contribution in [0.4, 0.5) is 0 Å². The summed E-state index contributed by atoms with van der Waals surface area (Å²) in [6.07, 6.45) is 0. The van der Waals surface area contributed by atoms with E-state index in [4.69, 9.17) is 0 Å². The maximum atomic E-state index is 9.17. The Bertz CT molecular complexity index is 41.5. The maximum absolute atomic E-state index is 9.17. The van der Waals surface area contributed by atoms with Crippen LogP contribution >= 0.6 is 17.4 Å². The third-order valence-corrected chi connectivity index (χ3v) is 0.483. The molecule has 0 saturated carbocycles. The van der Waals surface area contributed by atoms with Crippen LogP contribution in [0, 0.1) is 0 Å². The third kappa shape index (κ3) is 4.12. The molecule has 0 radical (unpaired) electrons. The minimum Gasteiger partial charge on any atom is -0.238 e. The van der Waals surface area contributed by atoms with Gasteiger partial charge in [0.15, 0.2) is 0 Å². The van der Waals surface area contributed by atoms with E-state index in [2.05, 4.69) is 9.35 Å². The molecule has 0 saturated heterocycles. The van der Waals surface area contributed by atoms with E-state index in [9.17, 15) is 9.13 Å². The molecule has 0 fully saturated rings. The summed E-state index contributed by atoms with van der Waals surface area (Å²) < 4.78 is 25.5. The molecule has 0 aromatic heterocycles. The van der Waals surface area contributed by atoms with Gasteiger partial charge >= 0.3 is 17.4 Å². The summed E-state index contributed by atoms with van der Waals surface area (Å²) in [4.78, 5) is 0. The molecule has 0 bridgehead atoms. The van der Waals surface area contributed by atoms with Crippen LogP contribution in [-0.4, -0.2) is 0 Å². The molecule has 0 N–H and O–H groups in total. The lowest BCUT2D eigenvalue weighted by Crippen LogP contribution is -1.55. The van der Waals surface area contributed by atoms with Crippen LogP contribution in [0.5, 0.6) is 0 Å². The van der Waals surface area contributed by atoms with Crippen molar-refractivity contribution in [2.45, 2.75) is 0 Å². The summed E-state index contributed by atoms with van der Waals surface area (Å²) >= 11 is 0. The number of hydrogen-bond acceptors (Lipinski definition) is 4. The fraction of sp³-hybridized carbons (Fsp3) is 0. The molecule has 0 aromatic carbocycles. The van der Waals surface area contributed by atoms with E-state index in [1.807, 2.05) is 0 Å². The van der Waals surface area contributed by atoms with E-state index >= 15 is 0 Å². The van der Waals surface area contributed by atoms with Gasteiger partial charge in [-0.3, -0.25) is 0 Å². The quantitative estimate of drug-likeness (QED) is 0.248. The van der Waals surface area contributed by atoms with Crippen molar-refractivity contribution in [3.63, 3.8) is 0 Å². The minimum absolute atomic E-state index is 0.634. The highest BCUT2D eigenvalue weighted by molar-refractivity contribution is 7.19. The van der Waals surface area contributed by atoms with Gasteiger partial charge in [-0.05, 0) is 0 Å². The Kier molecular flexibility index (Phi) is 5.22. The summed E-state index contributed by atoms with van der Waals surface area (Å²) in [6, 6.07) is 0. The molecule has 0 unspecified atom stereocenters. The molecule has 4 nitrogen and oxygen atoms in total. The summed E-state index contributed by atoms with van der Waals surface area (Å²) in [5.41, 5.74) is 0. The van der Waals surface area contributed by atoms with Crippen LogP contribution < -0.4 is 0 Å². The minimum atomic E-state index is -0.634. The second kappa shape index (κ2) is 5.12. The van der Waals surface area contributed by atoms with Gasteiger partial charge in [0, 0.05) is 0 Å². The molecule has 0 aliphatic heterocycles. The molecule has 6 heteroatoms. The molecular weight excluding hydrogens is 126 g/mol. The van der Waals surface area contributed by atoms with Crippen molar-refractivity contribution in [2.75, 3.05) is 0 Å². The summed E-state index contributed by atoms with van der Waals surface area (Å²) in [5.74, 6) is 0. The molecule has 0 aliphatic carbocycles. The lowest BCUT2D eigenvalue weighted by Gasteiger charge is -1.70. The highest BCUT2D eigenvalue weighted by Crippen LogP contribution is 2.02. The Balaban J connectivity index is 2.66. The van der Waals surface area contributed by atoms with Crippen LogP contribution in [0.3, 0.4) is 0 Å². The summed E-state index contributed by atoms with van der Waals surface area (Å²) in [5, 5.41) is 0. The predicted octanol–water partition coefficient (Wildman–Crippen LogP) is 1.35. The van der Waals surface area contributed by atoms with Gasteiger partial charge in [-0.2, -0.15) is 0 Å². The zero-order valence-corrected chi connectivity index (χ0v) is 4.32. The zero-order valence-electron chi connectivity index (χ0n) is 2.53. The Morgan fingerprint density at radius 1 is 1.00 bits per heavy atom. The van der Waals surface area contributed by atoms with Crippen LogP contribution in [0.1, 0.15) is 0 Å². The number of rotatable bonds is 3. The van der Waals surface area contributed by atoms with Gasteiger partial charge in [0.05, 0.1) is 0 Å². The van der Waals surface area contributed by atoms with Crippen molar-refractivity contribution in [1.29, 1.82) is 0 Å². The van der Waals surface area contributed by atoms with Crippen molar-refractivity contribution < 1.29 is 18.5 Å².